The molecule has 0 aliphatic carbocycles. The topological polar surface area (TPSA) is 40.5 Å². The lowest BCUT2D eigenvalue weighted by Crippen LogP contribution is -2.30. The van der Waals surface area contributed by atoms with Gasteiger partial charge < -0.3 is 10.0 Å². The third-order valence-electron chi connectivity index (χ3n) is 2.95. The van der Waals surface area contributed by atoms with E-state index in [0.717, 1.165) is 5.56 Å². The van der Waals surface area contributed by atoms with Gasteiger partial charge in [-0.2, -0.15) is 0 Å². The van der Waals surface area contributed by atoms with Crippen LogP contribution in [-0.2, 0) is 0 Å². The molecule has 4 heteroatoms. The van der Waals surface area contributed by atoms with Crippen molar-refractivity contribution in [2.75, 3.05) is 13.1 Å². The highest BCUT2D eigenvalue weighted by molar-refractivity contribution is 6.31. The molecule has 1 amide bonds. The zero-order valence-corrected chi connectivity index (χ0v) is 9.87. The van der Waals surface area contributed by atoms with Gasteiger partial charge in [0.05, 0.1) is 6.10 Å². The zero-order chi connectivity index (χ0) is 11.7. The van der Waals surface area contributed by atoms with Crippen LogP contribution in [0.4, 0.5) is 0 Å². The highest BCUT2D eigenvalue weighted by atomic mass is 35.5. The van der Waals surface area contributed by atoms with E-state index in [1.807, 2.05) is 6.92 Å². The standard InChI is InChI=1S/C12H14ClNO2/c1-8-10(3-2-4-11(8)13)12(16)14-6-5-9(15)7-14/h2-4,9,15H,5-7H2,1H3/t9-/m0/s1. The molecule has 1 fully saturated rings. The molecule has 3 nitrogen and oxygen atoms in total. The summed E-state index contributed by atoms with van der Waals surface area (Å²) in [7, 11) is 0. The molecule has 1 heterocycles. The van der Waals surface area contributed by atoms with Gasteiger partial charge >= 0.3 is 0 Å². The average molecular weight is 240 g/mol. The summed E-state index contributed by atoms with van der Waals surface area (Å²) in [6.07, 6.45) is 0.272. The smallest absolute Gasteiger partial charge is 0.254 e. The van der Waals surface area contributed by atoms with Crippen LogP contribution in [0, 0.1) is 6.92 Å². The van der Waals surface area contributed by atoms with Crippen molar-refractivity contribution in [1.82, 2.24) is 4.90 Å². The third-order valence-corrected chi connectivity index (χ3v) is 3.36. The molecule has 1 aliphatic rings. The van der Waals surface area contributed by atoms with E-state index in [0.29, 0.717) is 30.1 Å². The highest BCUT2D eigenvalue weighted by Gasteiger charge is 2.26. The number of carbonyl (C=O) groups is 1. The molecule has 1 N–H and O–H groups in total. The number of rotatable bonds is 1. The van der Waals surface area contributed by atoms with Crippen molar-refractivity contribution >= 4 is 17.5 Å². The molecule has 86 valence electrons. The molecule has 1 saturated heterocycles. The fraction of sp³-hybridized carbons (Fsp3) is 0.417. The summed E-state index contributed by atoms with van der Waals surface area (Å²) in [6, 6.07) is 5.32. The van der Waals surface area contributed by atoms with Crippen LogP contribution in [0.3, 0.4) is 0 Å². The highest BCUT2D eigenvalue weighted by Crippen LogP contribution is 2.21. The number of β-amino-alcohol motifs (C(OH)–C–C–N with tert-alkyl or cyclic N) is 1. The maximum absolute atomic E-state index is 12.1. The van der Waals surface area contributed by atoms with Gasteiger partial charge in [-0.15, -0.1) is 0 Å². The van der Waals surface area contributed by atoms with E-state index in [1.165, 1.54) is 0 Å². The number of benzene rings is 1. The number of hydrogen-bond donors (Lipinski definition) is 1. The molecule has 1 aromatic carbocycles. The van der Waals surface area contributed by atoms with Crippen molar-refractivity contribution in [1.29, 1.82) is 0 Å². The largest absolute Gasteiger partial charge is 0.391 e. The van der Waals surface area contributed by atoms with E-state index in [9.17, 15) is 9.90 Å². The Bertz CT molecular complexity index is 419. The Morgan fingerprint density at radius 2 is 2.31 bits per heavy atom. The van der Waals surface area contributed by atoms with E-state index < -0.39 is 0 Å². The lowest BCUT2D eigenvalue weighted by molar-refractivity contribution is 0.0764. The first-order chi connectivity index (χ1) is 7.59. The second-order valence-corrected chi connectivity index (χ2v) is 4.51. The van der Waals surface area contributed by atoms with Crippen molar-refractivity contribution in [3.05, 3.63) is 34.3 Å². The normalized spacial score (nSPS) is 20.2. The fourth-order valence-electron chi connectivity index (χ4n) is 1.94. The molecular weight excluding hydrogens is 226 g/mol. The van der Waals surface area contributed by atoms with Crippen LogP contribution in [0.2, 0.25) is 5.02 Å². The van der Waals surface area contributed by atoms with Crippen LogP contribution in [0.25, 0.3) is 0 Å². The third kappa shape index (κ3) is 2.06. The van der Waals surface area contributed by atoms with Crippen LogP contribution in [-0.4, -0.2) is 35.1 Å². The van der Waals surface area contributed by atoms with Gasteiger partial charge in [-0.1, -0.05) is 17.7 Å². The summed E-state index contributed by atoms with van der Waals surface area (Å²) in [5, 5.41) is 10.0. The van der Waals surface area contributed by atoms with Crippen LogP contribution >= 0.6 is 11.6 Å². The second kappa shape index (κ2) is 4.44. The number of likely N-dealkylation sites (tertiary alicyclic amines) is 1. The molecule has 0 unspecified atom stereocenters. The maximum atomic E-state index is 12.1. The van der Waals surface area contributed by atoms with E-state index in [4.69, 9.17) is 11.6 Å². The number of amides is 1. The molecule has 1 atom stereocenters. The predicted molar refractivity (Wildman–Crippen MR) is 62.7 cm³/mol. The van der Waals surface area contributed by atoms with Crippen LogP contribution in [0.1, 0.15) is 22.3 Å². The number of hydrogen-bond acceptors (Lipinski definition) is 2. The van der Waals surface area contributed by atoms with Crippen LogP contribution in [0.15, 0.2) is 18.2 Å². The zero-order valence-electron chi connectivity index (χ0n) is 9.11. The molecule has 0 radical (unpaired) electrons. The molecule has 0 saturated carbocycles. The van der Waals surface area contributed by atoms with E-state index in [1.54, 1.807) is 23.1 Å². The van der Waals surface area contributed by atoms with Gasteiger partial charge in [0.25, 0.3) is 5.91 Å². The molecule has 0 aromatic heterocycles. The number of aliphatic hydroxyl groups excluding tert-OH is 1. The summed E-state index contributed by atoms with van der Waals surface area (Å²) in [4.78, 5) is 13.8. The molecule has 1 aliphatic heterocycles. The Kier molecular flexibility index (Phi) is 3.17. The molecule has 16 heavy (non-hydrogen) atoms. The van der Waals surface area contributed by atoms with Gasteiger partial charge in [-0.25, -0.2) is 0 Å². The van der Waals surface area contributed by atoms with Crippen molar-refractivity contribution in [3.8, 4) is 0 Å². The van der Waals surface area contributed by atoms with Crippen molar-refractivity contribution in [2.45, 2.75) is 19.4 Å². The number of carbonyl (C=O) groups excluding carboxylic acids is 1. The van der Waals surface area contributed by atoms with E-state index in [-0.39, 0.29) is 12.0 Å². The minimum absolute atomic E-state index is 0.0449. The Morgan fingerprint density at radius 3 is 2.94 bits per heavy atom. The Morgan fingerprint density at radius 1 is 1.56 bits per heavy atom. The summed E-state index contributed by atoms with van der Waals surface area (Å²) in [5.74, 6) is -0.0449. The number of nitrogens with zero attached hydrogens (tertiary/aromatic N) is 1. The number of aliphatic hydroxyl groups is 1. The summed E-state index contributed by atoms with van der Waals surface area (Å²) < 4.78 is 0. The maximum Gasteiger partial charge on any atom is 0.254 e. The molecular formula is C12H14ClNO2. The monoisotopic (exact) mass is 239 g/mol. The first kappa shape index (κ1) is 11.4. The SMILES string of the molecule is Cc1c(Cl)cccc1C(=O)N1CC[C@H](O)C1. The summed E-state index contributed by atoms with van der Waals surface area (Å²) in [5.41, 5.74) is 1.43. The Labute approximate surface area is 99.6 Å². The van der Waals surface area contributed by atoms with Gasteiger partial charge in [0.15, 0.2) is 0 Å². The number of halogens is 1. The average Bonchev–Trinajstić information content (AvgIpc) is 2.68. The fourth-order valence-corrected chi connectivity index (χ4v) is 2.11. The van der Waals surface area contributed by atoms with Gasteiger partial charge in [0.2, 0.25) is 0 Å². The first-order valence-corrected chi connectivity index (χ1v) is 5.70. The van der Waals surface area contributed by atoms with E-state index >= 15 is 0 Å². The van der Waals surface area contributed by atoms with Crippen molar-refractivity contribution in [2.24, 2.45) is 0 Å². The quantitative estimate of drug-likeness (QED) is 0.813. The molecule has 0 bridgehead atoms. The second-order valence-electron chi connectivity index (χ2n) is 4.11. The summed E-state index contributed by atoms with van der Waals surface area (Å²) >= 11 is 5.97. The van der Waals surface area contributed by atoms with Gasteiger partial charge in [-0.05, 0) is 31.0 Å². The minimum atomic E-state index is -0.386. The van der Waals surface area contributed by atoms with Crippen LogP contribution in [0.5, 0.6) is 0 Å². The molecule has 0 spiro atoms. The van der Waals surface area contributed by atoms with Crippen molar-refractivity contribution in [3.63, 3.8) is 0 Å². The summed E-state index contributed by atoms with van der Waals surface area (Å²) in [6.45, 7) is 2.87. The lowest BCUT2D eigenvalue weighted by atomic mass is 10.1. The lowest BCUT2D eigenvalue weighted by Gasteiger charge is -2.17. The van der Waals surface area contributed by atoms with E-state index in [2.05, 4.69) is 0 Å². The van der Waals surface area contributed by atoms with Gasteiger partial charge in [0.1, 0.15) is 0 Å². The molecule has 2 rings (SSSR count). The molecule has 1 aromatic rings. The van der Waals surface area contributed by atoms with Crippen LogP contribution < -0.4 is 0 Å². The minimum Gasteiger partial charge on any atom is -0.391 e. The Hall–Kier alpha value is -1.06. The van der Waals surface area contributed by atoms with Crippen molar-refractivity contribution < 1.29 is 9.90 Å². The predicted octanol–water partition coefficient (Wildman–Crippen LogP) is 1.86. The first-order valence-electron chi connectivity index (χ1n) is 5.32. The van der Waals surface area contributed by atoms with Gasteiger partial charge in [0, 0.05) is 23.7 Å². The Balaban J connectivity index is 2.24. The van der Waals surface area contributed by atoms with Gasteiger partial charge in [-0.3, -0.25) is 4.79 Å².